The molecule has 0 amide bonds. The molecular weight excluding hydrogens is 256 g/mol. The van der Waals surface area contributed by atoms with E-state index in [0.717, 1.165) is 5.69 Å². The van der Waals surface area contributed by atoms with Crippen molar-refractivity contribution in [2.75, 3.05) is 0 Å². The highest BCUT2D eigenvalue weighted by molar-refractivity contribution is 6.11. The highest BCUT2D eigenvalue weighted by atomic mass is 15.0. The van der Waals surface area contributed by atoms with Gasteiger partial charge in [0.05, 0.1) is 16.7 Å². The van der Waals surface area contributed by atoms with Gasteiger partial charge in [0.2, 0.25) is 0 Å². The highest BCUT2D eigenvalue weighted by Gasteiger charge is 2.07. The fourth-order valence-corrected chi connectivity index (χ4v) is 2.72. The molecule has 3 aromatic carbocycles. The quantitative estimate of drug-likeness (QED) is 0.360. The molecule has 0 fully saturated rings. The first-order valence-electron chi connectivity index (χ1n) is 7.00. The molecular formula is C19H14N2. The number of rotatable bonds is 2. The summed E-state index contributed by atoms with van der Waals surface area (Å²) in [4.78, 5) is 4.59. The average Bonchev–Trinajstić information content (AvgIpc) is 2.88. The van der Waals surface area contributed by atoms with E-state index in [4.69, 9.17) is 0 Å². The van der Waals surface area contributed by atoms with Crippen molar-refractivity contribution in [3.05, 3.63) is 78.9 Å². The van der Waals surface area contributed by atoms with Gasteiger partial charge in [-0.1, -0.05) is 54.6 Å². The van der Waals surface area contributed by atoms with E-state index in [2.05, 4.69) is 58.1 Å². The summed E-state index contributed by atoms with van der Waals surface area (Å²) < 4.78 is 2.15. The van der Waals surface area contributed by atoms with Gasteiger partial charge >= 0.3 is 0 Å². The Labute approximate surface area is 123 Å². The van der Waals surface area contributed by atoms with Crippen molar-refractivity contribution in [1.29, 1.82) is 0 Å². The van der Waals surface area contributed by atoms with Gasteiger partial charge in [-0.15, -0.1) is 0 Å². The third-order valence-electron chi connectivity index (χ3n) is 3.70. The molecule has 2 nitrogen and oxygen atoms in total. The summed E-state index contributed by atoms with van der Waals surface area (Å²) in [5.41, 5.74) is 3.32. The molecule has 0 N–H and O–H groups in total. The third kappa shape index (κ3) is 2.01. The van der Waals surface area contributed by atoms with Crippen molar-refractivity contribution in [2.45, 2.75) is 0 Å². The second-order valence-electron chi connectivity index (χ2n) is 4.98. The Morgan fingerprint density at radius 3 is 1.76 bits per heavy atom. The van der Waals surface area contributed by atoms with Gasteiger partial charge in [0.15, 0.2) is 0 Å². The van der Waals surface area contributed by atoms with Crippen LogP contribution in [-0.4, -0.2) is 10.9 Å². The molecule has 21 heavy (non-hydrogen) atoms. The summed E-state index contributed by atoms with van der Waals surface area (Å²) in [6.45, 7) is 0. The van der Waals surface area contributed by atoms with Crippen molar-refractivity contribution < 1.29 is 0 Å². The molecule has 100 valence electrons. The van der Waals surface area contributed by atoms with E-state index in [1.54, 1.807) is 0 Å². The number of nitrogens with zero attached hydrogens (tertiary/aromatic N) is 2. The summed E-state index contributed by atoms with van der Waals surface area (Å²) in [5.74, 6) is 0. The van der Waals surface area contributed by atoms with E-state index < -0.39 is 0 Å². The normalized spacial score (nSPS) is 11.6. The molecule has 0 atom stereocenters. The maximum absolute atomic E-state index is 4.59. The van der Waals surface area contributed by atoms with Crippen molar-refractivity contribution >= 4 is 33.8 Å². The predicted octanol–water partition coefficient (Wildman–Crippen LogP) is 5.00. The first kappa shape index (κ1) is 11.9. The van der Waals surface area contributed by atoms with E-state index >= 15 is 0 Å². The zero-order chi connectivity index (χ0) is 14.1. The molecule has 0 bridgehead atoms. The van der Waals surface area contributed by atoms with Crippen molar-refractivity contribution in [3.8, 4) is 0 Å². The maximum atomic E-state index is 4.59. The Morgan fingerprint density at radius 1 is 0.619 bits per heavy atom. The minimum absolute atomic E-state index is 0.958. The zero-order valence-corrected chi connectivity index (χ0v) is 11.5. The number of aliphatic imine (C=N–C) groups is 1. The van der Waals surface area contributed by atoms with Crippen molar-refractivity contribution in [1.82, 2.24) is 4.57 Å². The second-order valence-corrected chi connectivity index (χ2v) is 4.98. The molecule has 0 aliphatic rings. The molecule has 0 unspecified atom stereocenters. The van der Waals surface area contributed by atoms with Crippen LogP contribution in [0.15, 0.2) is 83.9 Å². The smallest absolute Gasteiger partial charge is 0.100 e. The summed E-state index contributed by atoms with van der Waals surface area (Å²) in [5, 5.41) is 2.51. The SMILES string of the molecule is C(=Nc1ccccc1)n1c2ccccc2c2ccccc21. The average molecular weight is 270 g/mol. The van der Waals surface area contributed by atoms with Crippen LogP contribution in [-0.2, 0) is 0 Å². The van der Waals surface area contributed by atoms with Crippen LogP contribution >= 0.6 is 0 Å². The number of benzene rings is 3. The predicted molar refractivity (Wildman–Crippen MR) is 89.4 cm³/mol. The lowest BCUT2D eigenvalue weighted by Crippen LogP contribution is -1.93. The Kier molecular flexibility index (Phi) is 2.79. The number of fused-ring (bicyclic) bond motifs is 3. The molecule has 0 spiro atoms. The van der Waals surface area contributed by atoms with E-state index in [0.29, 0.717) is 0 Å². The molecule has 2 heteroatoms. The highest BCUT2D eigenvalue weighted by Crippen LogP contribution is 2.27. The number of aromatic nitrogens is 1. The van der Waals surface area contributed by atoms with Gasteiger partial charge < -0.3 is 0 Å². The minimum Gasteiger partial charge on any atom is -0.300 e. The van der Waals surface area contributed by atoms with Crippen LogP contribution in [0.5, 0.6) is 0 Å². The van der Waals surface area contributed by atoms with Crippen LogP contribution in [0.3, 0.4) is 0 Å². The van der Waals surface area contributed by atoms with Gasteiger partial charge in [-0.3, -0.25) is 4.57 Å². The fraction of sp³-hybridized carbons (Fsp3) is 0. The lowest BCUT2D eigenvalue weighted by Gasteiger charge is -1.99. The fourth-order valence-electron chi connectivity index (χ4n) is 2.72. The molecule has 0 radical (unpaired) electrons. The van der Waals surface area contributed by atoms with Gasteiger partial charge in [-0.2, -0.15) is 0 Å². The van der Waals surface area contributed by atoms with E-state index in [1.165, 1.54) is 21.8 Å². The molecule has 0 saturated carbocycles. The van der Waals surface area contributed by atoms with E-state index in [-0.39, 0.29) is 0 Å². The minimum atomic E-state index is 0.958. The van der Waals surface area contributed by atoms with Gasteiger partial charge in [0, 0.05) is 10.8 Å². The van der Waals surface area contributed by atoms with Crippen LogP contribution in [0.25, 0.3) is 21.8 Å². The monoisotopic (exact) mass is 270 g/mol. The Morgan fingerprint density at radius 2 is 1.14 bits per heavy atom. The van der Waals surface area contributed by atoms with E-state index in [1.807, 2.05) is 36.7 Å². The summed E-state index contributed by atoms with van der Waals surface area (Å²) in [6.07, 6.45) is 1.90. The van der Waals surface area contributed by atoms with Gasteiger partial charge in [-0.05, 0) is 24.3 Å². The Balaban J connectivity index is 1.96. The lowest BCUT2D eigenvalue weighted by atomic mass is 10.2. The molecule has 0 saturated heterocycles. The Bertz CT molecular complexity index is 880. The number of hydrogen-bond acceptors (Lipinski definition) is 1. The maximum Gasteiger partial charge on any atom is 0.100 e. The second kappa shape index (κ2) is 4.91. The molecule has 1 heterocycles. The molecule has 4 aromatic rings. The van der Waals surface area contributed by atoms with E-state index in [9.17, 15) is 0 Å². The summed E-state index contributed by atoms with van der Waals surface area (Å²) in [7, 11) is 0. The molecule has 0 aliphatic carbocycles. The standard InChI is InChI=1S/C19H14N2/c1-2-8-15(9-3-1)20-14-21-18-12-6-4-10-16(18)17-11-5-7-13-19(17)21/h1-14H. The topological polar surface area (TPSA) is 17.3 Å². The van der Waals surface area contributed by atoms with Crippen molar-refractivity contribution in [3.63, 3.8) is 0 Å². The first-order chi connectivity index (χ1) is 10.4. The largest absolute Gasteiger partial charge is 0.300 e. The summed E-state index contributed by atoms with van der Waals surface area (Å²) >= 11 is 0. The molecule has 1 aromatic heterocycles. The third-order valence-corrected chi connectivity index (χ3v) is 3.70. The lowest BCUT2D eigenvalue weighted by molar-refractivity contribution is 1.31. The Hall–Kier alpha value is -2.87. The van der Waals surface area contributed by atoms with Gasteiger partial charge in [0.1, 0.15) is 6.34 Å². The van der Waals surface area contributed by atoms with Crippen LogP contribution in [0, 0.1) is 0 Å². The summed E-state index contributed by atoms with van der Waals surface area (Å²) in [6, 6.07) is 26.9. The number of hydrogen-bond donors (Lipinski definition) is 0. The van der Waals surface area contributed by atoms with Crippen LogP contribution < -0.4 is 0 Å². The zero-order valence-electron chi connectivity index (χ0n) is 11.5. The van der Waals surface area contributed by atoms with Gasteiger partial charge in [-0.25, -0.2) is 4.99 Å². The van der Waals surface area contributed by atoms with Crippen LogP contribution in [0.4, 0.5) is 5.69 Å². The van der Waals surface area contributed by atoms with Crippen LogP contribution in [0.1, 0.15) is 0 Å². The van der Waals surface area contributed by atoms with Crippen molar-refractivity contribution in [2.24, 2.45) is 4.99 Å². The van der Waals surface area contributed by atoms with Gasteiger partial charge in [0.25, 0.3) is 0 Å². The molecule has 4 rings (SSSR count). The first-order valence-corrected chi connectivity index (χ1v) is 7.00. The van der Waals surface area contributed by atoms with Crippen LogP contribution in [0.2, 0.25) is 0 Å². The number of para-hydroxylation sites is 3. The molecule has 0 aliphatic heterocycles.